The number of rotatable bonds is 4. The van der Waals surface area contributed by atoms with E-state index in [9.17, 15) is 18.5 Å². The molecule has 0 aliphatic carbocycles. The quantitative estimate of drug-likeness (QED) is 0.680. The van der Waals surface area contributed by atoms with Crippen LogP contribution >= 0.6 is 11.6 Å². The number of sulfonamides is 1. The Morgan fingerprint density at radius 3 is 2.57 bits per heavy atom. The third-order valence-electron chi connectivity index (χ3n) is 2.63. The topological polar surface area (TPSA) is 115 Å². The summed E-state index contributed by atoms with van der Waals surface area (Å²) in [5.41, 5.74) is -0.176. The number of hydrogen-bond donors (Lipinski definition) is 1. The van der Waals surface area contributed by atoms with Crippen molar-refractivity contribution in [2.45, 2.75) is 18.7 Å². The Morgan fingerprint density at radius 1 is 1.38 bits per heavy atom. The molecule has 10 heteroatoms. The van der Waals surface area contributed by atoms with Crippen LogP contribution in [0.4, 0.5) is 11.4 Å². The number of aromatic nitrogens is 1. The molecule has 0 unspecified atom stereocenters. The third kappa shape index (κ3) is 2.98. The second-order valence-corrected chi connectivity index (χ2v) is 6.21. The molecule has 2 aromatic rings. The first-order chi connectivity index (χ1) is 9.72. The van der Waals surface area contributed by atoms with E-state index in [0.717, 1.165) is 6.07 Å². The Hall–Kier alpha value is -2.13. The molecule has 8 nitrogen and oxygen atoms in total. The normalized spacial score (nSPS) is 11.4. The van der Waals surface area contributed by atoms with Crippen LogP contribution in [0, 0.1) is 24.0 Å². The average Bonchev–Trinajstić information content (AvgIpc) is 2.71. The molecule has 1 heterocycles. The molecular weight excluding hydrogens is 322 g/mol. The van der Waals surface area contributed by atoms with E-state index in [0.29, 0.717) is 0 Å². The molecule has 0 aliphatic rings. The monoisotopic (exact) mass is 331 g/mol. The fraction of sp³-hybridized carbons (Fsp3) is 0.182. The number of nitro groups is 1. The zero-order valence-electron chi connectivity index (χ0n) is 11.0. The van der Waals surface area contributed by atoms with Gasteiger partial charge in [-0.05, 0) is 26.0 Å². The summed E-state index contributed by atoms with van der Waals surface area (Å²) in [7, 11) is -3.96. The summed E-state index contributed by atoms with van der Waals surface area (Å²) in [5.74, 6) is 0.128. The van der Waals surface area contributed by atoms with E-state index in [1.54, 1.807) is 0 Å². The van der Waals surface area contributed by atoms with Crippen molar-refractivity contribution in [3.8, 4) is 0 Å². The van der Waals surface area contributed by atoms with E-state index in [2.05, 4.69) is 9.88 Å². The highest BCUT2D eigenvalue weighted by Gasteiger charge is 2.25. The number of aryl methyl sites for hydroxylation is 2. The average molecular weight is 332 g/mol. The molecule has 0 aliphatic heterocycles. The molecular formula is C11H10ClN3O5S. The van der Waals surface area contributed by atoms with Gasteiger partial charge in [0, 0.05) is 6.07 Å². The maximum atomic E-state index is 12.3. The van der Waals surface area contributed by atoms with Gasteiger partial charge in [-0.1, -0.05) is 16.8 Å². The minimum atomic E-state index is -3.96. The molecule has 0 amide bonds. The second-order valence-electron chi connectivity index (χ2n) is 4.18. The van der Waals surface area contributed by atoms with Crippen molar-refractivity contribution in [2.24, 2.45) is 0 Å². The molecule has 0 fully saturated rings. The molecule has 2 rings (SSSR count). The Labute approximate surface area is 124 Å². The van der Waals surface area contributed by atoms with Crippen molar-refractivity contribution < 1.29 is 17.9 Å². The fourth-order valence-electron chi connectivity index (χ4n) is 1.78. The summed E-state index contributed by atoms with van der Waals surface area (Å²) < 4.78 is 31.5. The molecule has 0 radical (unpaired) electrons. The maximum Gasteiger partial charge on any atom is 0.289 e. The summed E-state index contributed by atoms with van der Waals surface area (Å²) in [6, 6.07) is 3.61. The minimum absolute atomic E-state index is 0.0195. The van der Waals surface area contributed by atoms with Crippen molar-refractivity contribution in [1.82, 2.24) is 5.16 Å². The lowest BCUT2D eigenvalue weighted by atomic mass is 10.3. The number of nitro benzene ring substituents is 1. The van der Waals surface area contributed by atoms with Gasteiger partial charge >= 0.3 is 0 Å². The van der Waals surface area contributed by atoms with Crippen molar-refractivity contribution in [3.63, 3.8) is 0 Å². The number of nitrogens with zero attached hydrogens (tertiary/aromatic N) is 2. The van der Waals surface area contributed by atoms with Crippen LogP contribution in [-0.2, 0) is 10.0 Å². The lowest BCUT2D eigenvalue weighted by molar-refractivity contribution is -0.384. The standard InChI is InChI=1S/C11H10ClN3O5S/c1-6-11(7(2)20-13-6)21(18,19)14-8-3-4-9(12)10(5-8)15(16)17/h3-5,14H,1-2H3. The zero-order chi connectivity index (χ0) is 15.8. The number of nitrogens with one attached hydrogen (secondary N) is 1. The fourth-order valence-corrected chi connectivity index (χ4v) is 3.35. The van der Waals surface area contributed by atoms with Crippen LogP contribution in [0.1, 0.15) is 11.5 Å². The highest BCUT2D eigenvalue weighted by atomic mass is 35.5. The minimum Gasteiger partial charge on any atom is -0.360 e. The molecule has 0 saturated heterocycles. The van der Waals surface area contributed by atoms with Gasteiger partial charge in [0.1, 0.15) is 10.7 Å². The Bertz CT molecular complexity index is 796. The molecule has 0 spiro atoms. The number of anilines is 1. The molecule has 0 atom stereocenters. The Morgan fingerprint density at radius 2 is 2.05 bits per heavy atom. The molecule has 1 aromatic carbocycles. The molecule has 21 heavy (non-hydrogen) atoms. The molecule has 112 valence electrons. The van der Waals surface area contributed by atoms with E-state index in [1.807, 2.05) is 0 Å². The lowest BCUT2D eigenvalue weighted by Gasteiger charge is -2.07. The van der Waals surface area contributed by atoms with Crippen LogP contribution in [-0.4, -0.2) is 18.5 Å². The highest BCUT2D eigenvalue weighted by molar-refractivity contribution is 7.92. The van der Waals surface area contributed by atoms with Gasteiger partial charge in [-0.2, -0.15) is 0 Å². The number of benzene rings is 1. The Balaban J connectivity index is 2.42. The summed E-state index contributed by atoms with van der Waals surface area (Å²) >= 11 is 5.67. The van der Waals surface area contributed by atoms with Gasteiger partial charge in [-0.25, -0.2) is 8.42 Å². The van der Waals surface area contributed by atoms with E-state index >= 15 is 0 Å². The molecule has 1 N–H and O–H groups in total. The summed E-state index contributed by atoms with van der Waals surface area (Å²) in [4.78, 5) is 10.00. The van der Waals surface area contributed by atoms with Crippen molar-refractivity contribution in [3.05, 3.63) is 44.8 Å². The van der Waals surface area contributed by atoms with Crippen LogP contribution in [0.2, 0.25) is 5.02 Å². The Kier molecular flexibility index (Phi) is 3.88. The van der Waals surface area contributed by atoms with Gasteiger partial charge < -0.3 is 4.52 Å². The van der Waals surface area contributed by atoms with E-state index < -0.39 is 20.6 Å². The van der Waals surface area contributed by atoms with Crippen LogP contribution in [0.15, 0.2) is 27.6 Å². The summed E-state index contributed by atoms with van der Waals surface area (Å²) in [6.45, 7) is 2.94. The first-order valence-corrected chi connectivity index (χ1v) is 7.48. The second kappa shape index (κ2) is 5.34. The van der Waals surface area contributed by atoms with Crippen LogP contribution in [0.25, 0.3) is 0 Å². The molecule has 1 aromatic heterocycles. The lowest BCUT2D eigenvalue weighted by Crippen LogP contribution is -2.14. The summed E-state index contributed by atoms with van der Waals surface area (Å²) in [5, 5.41) is 14.3. The van der Waals surface area contributed by atoms with Gasteiger partial charge in [-0.15, -0.1) is 0 Å². The van der Waals surface area contributed by atoms with Crippen LogP contribution < -0.4 is 4.72 Å². The first-order valence-electron chi connectivity index (χ1n) is 5.62. The van der Waals surface area contributed by atoms with Gasteiger partial charge in [0.2, 0.25) is 0 Å². The maximum absolute atomic E-state index is 12.3. The smallest absolute Gasteiger partial charge is 0.289 e. The van der Waals surface area contributed by atoms with Gasteiger partial charge in [0.15, 0.2) is 10.7 Å². The molecule has 0 saturated carbocycles. The van der Waals surface area contributed by atoms with E-state index in [-0.39, 0.29) is 27.1 Å². The van der Waals surface area contributed by atoms with Crippen molar-refractivity contribution in [1.29, 1.82) is 0 Å². The van der Waals surface area contributed by atoms with Gasteiger partial charge in [0.25, 0.3) is 15.7 Å². The van der Waals surface area contributed by atoms with E-state index in [4.69, 9.17) is 16.1 Å². The van der Waals surface area contributed by atoms with Crippen molar-refractivity contribution >= 4 is 33.0 Å². The van der Waals surface area contributed by atoms with Crippen molar-refractivity contribution in [2.75, 3.05) is 4.72 Å². The predicted molar refractivity (Wildman–Crippen MR) is 74.9 cm³/mol. The number of halogens is 1. The third-order valence-corrected chi connectivity index (χ3v) is 4.58. The molecule has 0 bridgehead atoms. The predicted octanol–water partition coefficient (Wildman–Crippen LogP) is 2.65. The summed E-state index contributed by atoms with van der Waals surface area (Å²) in [6.07, 6.45) is 0. The number of hydrogen-bond acceptors (Lipinski definition) is 6. The van der Waals surface area contributed by atoms with E-state index in [1.165, 1.54) is 26.0 Å². The SMILES string of the molecule is Cc1noc(C)c1S(=O)(=O)Nc1ccc(Cl)c([N+](=O)[O-])c1. The van der Waals surface area contributed by atoms with Crippen LogP contribution in [0.5, 0.6) is 0 Å². The first kappa shape index (κ1) is 15.3. The zero-order valence-corrected chi connectivity index (χ0v) is 12.5. The largest absolute Gasteiger partial charge is 0.360 e. The van der Waals surface area contributed by atoms with Crippen LogP contribution in [0.3, 0.4) is 0 Å². The van der Waals surface area contributed by atoms with Gasteiger partial charge in [-0.3, -0.25) is 14.8 Å². The van der Waals surface area contributed by atoms with Gasteiger partial charge in [0.05, 0.1) is 10.6 Å². The highest BCUT2D eigenvalue weighted by Crippen LogP contribution is 2.29.